The molecule has 22 heavy (non-hydrogen) atoms. The first-order valence-corrected chi connectivity index (χ1v) is 6.93. The van der Waals surface area contributed by atoms with Crippen molar-refractivity contribution in [1.29, 1.82) is 0 Å². The van der Waals surface area contributed by atoms with Crippen LogP contribution in [0.25, 0.3) is 10.9 Å². The largest absolute Gasteiger partial charge is 0.497 e. The van der Waals surface area contributed by atoms with Crippen molar-refractivity contribution in [3.05, 3.63) is 53.9 Å². The van der Waals surface area contributed by atoms with Crippen LogP contribution >= 0.6 is 0 Å². The smallest absolute Gasteiger partial charge is 0.135 e. The van der Waals surface area contributed by atoms with Crippen molar-refractivity contribution in [3.63, 3.8) is 0 Å². The molecule has 3 aromatic rings. The average molecular weight is 295 g/mol. The lowest BCUT2D eigenvalue weighted by Crippen LogP contribution is -2.03. The lowest BCUT2D eigenvalue weighted by atomic mass is 10.1. The summed E-state index contributed by atoms with van der Waals surface area (Å²) in [6, 6.07) is 13.4. The number of nitrogens with two attached hydrogens (primary N) is 1. The molecule has 0 bridgehead atoms. The summed E-state index contributed by atoms with van der Waals surface area (Å²) in [5.74, 6) is 2.69. The summed E-state index contributed by atoms with van der Waals surface area (Å²) in [6.07, 6.45) is 0.523. The van der Waals surface area contributed by atoms with Gasteiger partial charge in [-0.15, -0.1) is 0 Å². The SMILES string of the molecule is COc1ccc(OC)c(Cc2nc(N)c3ccccc3n2)c1. The molecule has 1 heterocycles. The highest BCUT2D eigenvalue weighted by molar-refractivity contribution is 5.87. The number of fused-ring (bicyclic) bond motifs is 1. The van der Waals surface area contributed by atoms with Crippen LogP contribution in [0.3, 0.4) is 0 Å². The second-order valence-electron chi connectivity index (χ2n) is 4.90. The van der Waals surface area contributed by atoms with E-state index in [0.717, 1.165) is 28.0 Å². The Morgan fingerprint density at radius 2 is 1.82 bits per heavy atom. The Bertz CT molecular complexity index is 818. The normalized spacial score (nSPS) is 10.6. The van der Waals surface area contributed by atoms with Crippen molar-refractivity contribution < 1.29 is 9.47 Å². The predicted molar refractivity (Wildman–Crippen MR) is 86.3 cm³/mol. The van der Waals surface area contributed by atoms with E-state index in [1.54, 1.807) is 14.2 Å². The van der Waals surface area contributed by atoms with Gasteiger partial charge in [0.15, 0.2) is 0 Å². The zero-order valence-electron chi connectivity index (χ0n) is 12.5. The first-order valence-electron chi connectivity index (χ1n) is 6.93. The molecule has 2 aromatic carbocycles. The van der Waals surface area contributed by atoms with E-state index in [9.17, 15) is 0 Å². The van der Waals surface area contributed by atoms with Crippen molar-refractivity contribution in [3.8, 4) is 11.5 Å². The van der Waals surface area contributed by atoms with Crippen LogP contribution in [0.5, 0.6) is 11.5 Å². The van der Waals surface area contributed by atoms with Gasteiger partial charge in [0.1, 0.15) is 23.1 Å². The van der Waals surface area contributed by atoms with Gasteiger partial charge in [0.05, 0.1) is 19.7 Å². The molecule has 0 aliphatic rings. The van der Waals surface area contributed by atoms with Gasteiger partial charge in [0.25, 0.3) is 0 Å². The second kappa shape index (κ2) is 5.89. The lowest BCUT2D eigenvalue weighted by molar-refractivity contribution is 0.399. The van der Waals surface area contributed by atoms with Crippen LogP contribution in [-0.4, -0.2) is 24.2 Å². The van der Waals surface area contributed by atoms with E-state index >= 15 is 0 Å². The Labute approximate surface area is 128 Å². The van der Waals surface area contributed by atoms with Crippen molar-refractivity contribution in [1.82, 2.24) is 9.97 Å². The summed E-state index contributed by atoms with van der Waals surface area (Å²) in [4.78, 5) is 8.97. The summed E-state index contributed by atoms with van der Waals surface area (Å²) in [7, 11) is 3.27. The van der Waals surface area contributed by atoms with Crippen molar-refractivity contribution in [2.45, 2.75) is 6.42 Å². The molecule has 0 saturated heterocycles. The van der Waals surface area contributed by atoms with Gasteiger partial charge in [0, 0.05) is 17.4 Å². The molecule has 2 N–H and O–H groups in total. The highest BCUT2D eigenvalue weighted by Gasteiger charge is 2.10. The third-order valence-electron chi connectivity index (χ3n) is 3.52. The van der Waals surface area contributed by atoms with Crippen LogP contribution in [-0.2, 0) is 6.42 Å². The highest BCUT2D eigenvalue weighted by Crippen LogP contribution is 2.26. The maximum Gasteiger partial charge on any atom is 0.135 e. The monoisotopic (exact) mass is 295 g/mol. The zero-order chi connectivity index (χ0) is 15.5. The molecule has 0 aliphatic carbocycles. The first kappa shape index (κ1) is 14.1. The molecule has 0 unspecified atom stereocenters. The maximum atomic E-state index is 6.03. The number of hydrogen-bond donors (Lipinski definition) is 1. The number of ether oxygens (including phenoxy) is 2. The average Bonchev–Trinajstić information content (AvgIpc) is 2.55. The minimum absolute atomic E-state index is 0.488. The van der Waals surface area contributed by atoms with E-state index in [4.69, 9.17) is 15.2 Å². The Balaban J connectivity index is 2.02. The maximum absolute atomic E-state index is 6.03. The van der Waals surface area contributed by atoms with E-state index in [2.05, 4.69) is 9.97 Å². The fourth-order valence-corrected chi connectivity index (χ4v) is 2.42. The van der Waals surface area contributed by atoms with Gasteiger partial charge in [-0.2, -0.15) is 0 Å². The van der Waals surface area contributed by atoms with Crippen molar-refractivity contribution >= 4 is 16.7 Å². The topological polar surface area (TPSA) is 70.3 Å². The number of para-hydroxylation sites is 1. The molecular weight excluding hydrogens is 278 g/mol. The number of methoxy groups -OCH3 is 2. The summed E-state index contributed by atoms with van der Waals surface area (Å²) in [6.45, 7) is 0. The van der Waals surface area contributed by atoms with Gasteiger partial charge in [-0.1, -0.05) is 12.1 Å². The van der Waals surface area contributed by atoms with Crippen molar-refractivity contribution in [2.75, 3.05) is 20.0 Å². The third-order valence-corrected chi connectivity index (χ3v) is 3.52. The fraction of sp³-hybridized carbons (Fsp3) is 0.176. The van der Waals surface area contributed by atoms with Crippen LogP contribution in [0.15, 0.2) is 42.5 Å². The minimum Gasteiger partial charge on any atom is -0.497 e. The summed E-state index contributed by atoms with van der Waals surface area (Å²) >= 11 is 0. The lowest BCUT2D eigenvalue weighted by Gasteiger charge is -2.11. The summed E-state index contributed by atoms with van der Waals surface area (Å²) in [5, 5.41) is 0.865. The molecule has 5 heteroatoms. The molecule has 5 nitrogen and oxygen atoms in total. The number of aromatic nitrogens is 2. The van der Waals surface area contributed by atoms with Gasteiger partial charge in [-0.3, -0.25) is 0 Å². The number of anilines is 1. The van der Waals surface area contributed by atoms with E-state index in [1.807, 2.05) is 42.5 Å². The molecule has 0 fully saturated rings. The molecule has 0 saturated carbocycles. The van der Waals surface area contributed by atoms with E-state index in [0.29, 0.717) is 18.1 Å². The van der Waals surface area contributed by atoms with Gasteiger partial charge in [-0.05, 0) is 30.3 Å². The Morgan fingerprint density at radius 3 is 2.59 bits per heavy atom. The van der Waals surface area contributed by atoms with Gasteiger partial charge in [-0.25, -0.2) is 9.97 Å². The number of nitrogen functional groups attached to an aromatic ring is 1. The Morgan fingerprint density at radius 1 is 1.00 bits per heavy atom. The summed E-state index contributed by atoms with van der Waals surface area (Å²) in [5.41, 5.74) is 7.83. The number of benzene rings is 2. The van der Waals surface area contributed by atoms with Gasteiger partial charge >= 0.3 is 0 Å². The Kier molecular flexibility index (Phi) is 3.78. The molecule has 1 aromatic heterocycles. The molecule has 0 amide bonds. The molecule has 3 rings (SSSR count). The van der Waals surface area contributed by atoms with Crippen LogP contribution in [0.2, 0.25) is 0 Å². The number of rotatable bonds is 4. The molecule has 112 valence electrons. The molecule has 0 radical (unpaired) electrons. The van der Waals surface area contributed by atoms with E-state index < -0.39 is 0 Å². The minimum atomic E-state index is 0.488. The first-order chi connectivity index (χ1) is 10.7. The van der Waals surface area contributed by atoms with Crippen LogP contribution in [0.1, 0.15) is 11.4 Å². The highest BCUT2D eigenvalue weighted by atomic mass is 16.5. The standard InChI is InChI=1S/C17H17N3O2/c1-21-12-7-8-15(22-2)11(9-12)10-16-19-14-6-4-3-5-13(14)17(18)20-16/h3-9H,10H2,1-2H3,(H2,18,19,20). The van der Waals surface area contributed by atoms with Crippen molar-refractivity contribution in [2.24, 2.45) is 0 Å². The summed E-state index contributed by atoms with van der Waals surface area (Å²) < 4.78 is 10.7. The molecule has 0 spiro atoms. The van der Waals surface area contributed by atoms with E-state index in [-0.39, 0.29) is 0 Å². The zero-order valence-corrected chi connectivity index (χ0v) is 12.5. The predicted octanol–water partition coefficient (Wildman–Crippen LogP) is 2.82. The molecule has 0 atom stereocenters. The fourth-order valence-electron chi connectivity index (χ4n) is 2.42. The van der Waals surface area contributed by atoms with Crippen LogP contribution < -0.4 is 15.2 Å². The van der Waals surface area contributed by atoms with Crippen LogP contribution in [0, 0.1) is 0 Å². The number of hydrogen-bond acceptors (Lipinski definition) is 5. The van der Waals surface area contributed by atoms with Crippen LogP contribution in [0.4, 0.5) is 5.82 Å². The van der Waals surface area contributed by atoms with E-state index in [1.165, 1.54) is 0 Å². The second-order valence-corrected chi connectivity index (χ2v) is 4.90. The molecule has 0 aliphatic heterocycles. The quantitative estimate of drug-likeness (QED) is 0.801. The Hall–Kier alpha value is -2.82. The number of nitrogens with zero attached hydrogens (tertiary/aromatic N) is 2. The molecular formula is C17H17N3O2. The van der Waals surface area contributed by atoms with Gasteiger partial charge in [0.2, 0.25) is 0 Å². The third kappa shape index (κ3) is 2.65. The van der Waals surface area contributed by atoms with Gasteiger partial charge < -0.3 is 15.2 Å².